The first kappa shape index (κ1) is 21.3. The van der Waals surface area contributed by atoms with Crippen LogP contribution in [0.25, 0.3) is 0 Å². The van der Waals surface area contributed by atoms with Crippen molar-refractivity contribution in [3.8, 4) is 0 Å². The third-order valence-corrected chi connectivity index (χ3v) is 5.01. The van der Waals surface area contributed by atoms with Crippen LogP contribution in [-0.2, 0) is 12.7 Å². The second-order valence-electron chi connectivity index (χ2n) is 7.08. The van der Waals surface area contributed by atoms with Gasteiger partial charge in [-0.2, -0.15) is 13.2 Å². The van der Waals surface area contributed by atoms with Gasteiger partial charge in [-0.25, -0.2) is 4.68 Å². The van der Waals surface area contributed by atoms with Gasteiger partial charge in [0.15, 0.2) is 5.69 Å². The molecule has 1 saturated heterocycles. The summed E-state index contributed by atoms with van der Waals surface area (Å²) in [4.78, 5) is 14.0. The number of rotatable bonds is 7. The van der Waals surface area contributed by atoms with Gasteiger partial charge in [0.05, 0.1) is 17.8 Å². The van der Waals surface area contributed by atoms with E-state index >= 15 is 0 Å². The van der Waals surface area contributed by atoms with Crippen LogP contribution in [0.2, 0.25) is 0 Å². The van der Waals surface area contributed by atoms with Gasteiger partial charge in [0.2, 0.25) is 0 Å². The molecule has 10 heteroatoms. The van der Waals surface area contributed by atoms with Gasteiger partial charge in [0.25, 0.3) is 5.91 Å². The van der Waals surface area contributed by atoms with E-state index in [4.69, 9.17) is 5.11 Å². The van der Waals surface area contributed by atoms with Gasteiger partial charge in [-0.05, 0) is 30.9 Å². The van der Waals surface area contributed by atoms with Gasteiger partial charge >= 0.3 is 6.18 Å². The van der Waals surface area contributed by atoms with Crippen LogP contribution in [0.1, 0.15) is 46.9 Å². The van der Waals surface area contributed by atoms with E-state index in [1.165, 1.54) is 12.1 Å². The largest absolute Gasteiger partial charge is 0.416 e. The maximum absolute atomic E-state index is 13.2. The number of carbonyl (C=O) groups is 1. The standard InChI is InChI=1S/C19H24F3N5O2/c20-19(21,22)16-5-2-1-4-14(16)12-26-9-6-15(7-10-26)27-13-17(24-25-27)18(29)23-8-3-11-28/h1-2,4-5,13,15,28H,3,6-12H2,(H,23,29). The first-order chi connectivity index (χ1) is 13.9. The molecule has 1 aliphatic heterocycles. The zero-order valence-corrected chi connectivity index (χ0v) is 15.9. The predicted octanol–water partition coefficient (Wildman–Crippen LogP) is 2.25. The summed E-state index contributed by atoms with van der Waals surface area (Å²) in [6.45, 7) is 1.88. The number of nitrogens with zero attached hydrogens (tertiary/aromatic N) is 4. The van der Waals surface area contributed by atoms with E-state index in [1.807, 2.05) is 4.90 Å². The second-order valence-corrected chi connectivity index (χ2v) is 7.08. The highest BCUT2D eigenvalue weighted by atomic mass is 19.4. The molecule has 2 aromatic rings. The van der Waals surface area contributed by atoms with Crippen molar-refractivity contribution < 1.29 is 23.1 Å². The Hall–Kier alpha value is -2.46. The van der Waals surface area contributed by atoms with Gasteiger partial charge in [-0.3, -0.25) is 9.69 Å². The zero-order chi connectivity index (χ0) is 20.9. The van der Waals surface area contributed by atoms with Crippen LogP contribution in [-0.4, -0.2) is 57.1 Å². The zero-order valence-electron chi connectivity index (χ0n) is 15.9. The lowest BCUT2D eigenvalue weighted by Gasteiger charge is -2.32. The fraction of sp³-hybridized carbons (Fsp3) is 0.526. The molecule has 0 unspecified atom stereocenters. The molecule has 0 aliphatic carbocycles. The minimum atomic E-state index is -4.36. The predicted molar refractivity (Wildman–Crippen MR) is 99.1 cm³/mol. The first-order valence-corrected chi connectivity index (χ1v) is 9.57. The average molecular weight is 411 g/mol. The second kappa shape index (κ2) is 9.36. The number of benzene rings is 1. The van der Waals surface area contributed by atoms with Crippen LogP contribution in [0.5, 0.6) is 0 Å². The summed E-state index contributed by atoms with van der Waals surface area (Å²) in [5.41, 5.74) is -0.0965. The summed E-state index contributed by atoms with van der Waals surface area (Å²) in [5.74, 6) is -0.342. The maximum Gasteiger partial charge on any atom is 0.416 e. The van der Waals surface area contributed by atoms with E-state index in [9.17, 15) is 18.0 Å². The Morgan fingerprint density at radius 1 is 1.24 bits per heavy atom. The Bertz CT molecular complexity index is 816. The van der Waals surface area contributed by atoms with Crippen LogP contribution in [0.3, 0.4) is 0 Å². The summed E-state index contributed by atoms with van der Waals surface area (Å²) in [5, 5.41) is 19.3. The summed E-state index contributed by atoms with van der Waals surface area (Å²) in [6, 6.07) is 5.72. The number of likely N-dealkylation sites (tertiary alicyclic amines) is 1. The minimum absolute atomic E-state index is 0.00100. The van der Waals surface area contributed by atoms with Crippen molar-refractivity contribution in [2.24, 2.45) is 0 Å². The molecule has 0 radical (unpaired) electrons. The lowest BCUT2D eigenvalue weighted by Crippen LogP contribution is -2.35. The van der Waals surface area contributed by atoms with Crippen LogP contribution < -0.4 is 5.32 Å². The quantitative estimate of drug-likeness (QED) is 0.683. The number of hydrogen-bond donors (Lipinski definition) is 2. The Kier molecular flexibility index (Phi) is 6.86. The molecule has 1 aromatic heterocycles. The van der Waals surface area contributed by atoms with Crippen molar-refractivity contribution in [2.45, 2.75) is 38.0 Å². The SMILES string of the molecule is O=C(NCCCO)c1cn(C2CCN(Cc3ccccc3C(F)(F)F)CC2)nn1. The van der Waals surface area contributed by atoms with Crippen LogP contribution in [0.15, 0.2) is 30.5 Å². The monoisotopic (exact) mass is 411 g/mol. The van der Waals surface area contributed by atoms with Gasteiger partial charge in [-0.15, -0.1) is 5.10 Å². The third kappa shape index (κ3) is 5.54. The molecule has 1 aromatic carbocycles. The summed E-state index contributed by atoms with van der Waals surface area (Å²) in [7, 11) is 0. The molecule has 158 valence electrons. The molecule has 0 saturated carbocycles. The molecule has 7 nitrogen and oxygen atoms in total. The van der Waals surface area contributed by atoms with Crippen molar-refractivity contribution in [1.29, 1.82) is 0 Å². The van der Waals surface area contributed by atoms with Crippen molar-refractivity contribution in [3.05, 3.63) is 47.3 Å². The number of aliphatic hydroxyl groups excluding tert-OH is 1. The molecule has 2 heterocycles. The van der Waals surface area contributed by atoms with Gasteiger partial charge < -0.3 is 10.4 Å². The highest BCUT2D eigenvalue weighted by Crippen LogP contribution is 2.33. The van der Waals surface area contributed by atoms with E-state index in [1.54, 1.807) is 16.9 Å². The highest BCUT2D eigenvalue weighted by molar-refractivity contribution is 5.91. The lowest BCUT2D eigenvalue weighted by molar-refractivity contribution is -0.138. The number of aliphatic hydroxyl groups is 1. The van der Waals surface area contributed by atoms with E-state index < -0.39 is 11.7 Å². The third-order valence-electron chi connectivity index (χ3n) is 5.01. The number of hydrogen-bond acceptors (Lipinski definition) is 5. The van der Waals surface area contributed by atoms with Gasteiger partial charge in [0.1, 0.15) is 0 Å². The molecule has 0 spiro atoms. The normalized spacial score (nSPS) is 16.1. The van der Waals surface area contributed by atoms with Crippen molar-refractivity contribution in [3.63, 3.8) is 0 Å². The van der Waals surface area contributed by atoms with E-state index in [0.29, 0.717) is 38.9 Å². The van der Waals surface area contributed by atoms with Gasteiger partial charge in [0, 0.05) is 32.8 Å². The molecular formula is C19H24F3N5O2. The van der Waals surface area contributed by atoms with E-state index in [2.05, 4.69) is 15.6 Å². The first-order valence-electron chi connectivity index (χ1n) is 9.57. The van der Waals surface area contributed by atoms with Gasteiger partial charge in [-0.1, -0.05) is 23.4 Å². The minimum Gasteiger partial charge on any atom is -0.396 e. The molecule has 1 fully saturated rings. The Labute approximate surface area is 166 Å². The Morgan fingerprint density at radius 3 is 2.66 bits per heavy atom. The van der Waals surface area contributed by atoms with Crippen molar-refractivity contribution in [2.75, 3.05) is 26.2 Å². The molecule has 0 atom stereocenters. The average Bonchev–Trinajstić information content (AvgIpc) is 3.19. The maximum atomic E-state index is 13.2. The summed E-state index contributed by atoms with van der Waals surface area (Å²) >= 11 is 0. The van der Waals surface area contributed by atoms with E-state index in [0.717, 1.165) is 6.07 Å². The highest BCUT2D eigenvalue weighted by Gasteiger charge is 2.33. The molecule has 1 aliphatic rings. The number of alkyl halides is 3. The number of carbonyl (C=O) groups excluding carboxylic acids is 1. The summed E-state index contributed by atoms with van der Waals surface area (Å²) in [6.07, 6.45) is -0.876. The Balaban J connectivity index is 1.55. The smallest absolute Gasteiger partial charge is 0.396 e. The Morgan fingerprint density at radius 2 is 1.97 bits per heavy atom. The molecule has 29 heavy (non-hydrogen) atoms. The number of halogens is 3. The molecule has 0 bridgehead atoms. The summed E-state index contributed by atoms with van der Waals surface area (Å²) < 4.78 is 41.2. The van der Waals surface area contributed by atoms with Crippen molar-refractivity contribution >= 4 is 5.91 Å². The number of piperidine rings is 1. The number of aromatic nitrogens is 3. The van der Waals surface area contributed by atoms with Crippen LogP contribution in [0, 0.1) is 0 Å². The van der Waals surface area contributed by atoms with Crippen molar-refractivity contribution in [1.82, 2.24) is 25.2 Å². The van der Waals surface area contributed by atoms with E-state index in [-0.39, 0.29) is 36.4 Å². The topological polar surface area (TPSA) is 83.3 Å². The molecule has 1 amide bonds. The molecule has 3 rings (SSSR count). The van der Waals surface area contributed by atoms with Crippen LogP contribution >= 0.6 is 0 Å². The molecule has 2 N–H and O–H groups in total. The number of nitrogens with one attached hydrogen (secondary N) is 1. The molecular weight excluding hydrogens is 387 g/mol. The van der Waals surface area contributed by atoms with Crippen LogP contribution in [0.4, 0.5) is 13.2 Å². The lowest BCUT2D eigenvalue weighted by atomic mass is 10.0. The fourth-order valence-corrected chi connectivity index (χ4v) is 3.45. The number of amides is 1. The fourth-order valence-electron chi connectivity index (χ4n) is 3.45.